The summed E-state index contributed by atoms with van der Waals surface area (Å²) in [5, 5.41) is 3.48. The lowest BCUT2D eigenvalue weighted by atomic mass is 10.1. The lowest BCUT2D eigenvalue weighted by Gasteiger charge is -2.30. The Kier molecular flexibility index (Phi) is 6.71. The van der Waals surface area contributed by atoms with Crippen molar-refractivity contribution >= 4 is 11.6 Å². The molecule has 5 heteroatoms. The molecule has 3 rings (SSSR count). The monoisotopic (exact) mass is 368 g/mol. The van der Waals surface area contributed by atoms with Crippen LogP contribution in [0.4, 0.5) is 5.69 Å². The van der Waals surface area contributed by atoms with Gasteiger partial charge in [-0.1, -0.05) is 31.2 Å². The zero-order chi connectivity index (χ0) is 19.1. The number of hydrogen-bond donors (Lipinski definition) is 1. The SMILES string of the molecule is CCC(Oc1ccccc1)C(=O)N(C[C@H]1CCCN1)c1cccc(OC)c1. The number of methoxy groups -OCH3 is 1. The zero-order valence-corrected chi connectivity index (χ0v) is 16.1. The molecule has 5 nitrogen and oxygen atoms in total. The summed E-state index contributed by atoms with van der Waals surface area (Å²) in [6.07, 6.45) is 2.29. The van der Waals surface area contributed by atoms with E-state index in [2.05, 4.69) is 5.32 Å². The number of para-hydroxylation sites is 1. The van der Waals surface area contributed by atoms with Gasteiger partial charge in [0.15, 0.2) is 6.10 Å². The van der Waals surface area contributed by atoms with Crippen LogP contribution in [0.25, 0.3) is 0 Å². The van der Waals surface area contributed by atoms with Crippen molar-refractivity contribution in [3.05, 3.63) is 54.6 Å². The van der Waals surface area contributed by atoms with E-state index in [1.807, 2.05) is 66.4 Å². The summed E-state index contributed by atoms with van der Waals surface area (Å²) >= 11 is 0. The van der Waals surface area contributed by atoms with Gasteiger partial charge in [0, 0.05) is 24.3 Å². The molecule has 1 N–H and O–H groups in total. The van der Waals surface area contributed by atoms with Gasteiger partial charge in [0.25, 0.3) is 5.91 Å². The third kappa shape index (κ3) is 5.01. The van der Waals surface area contributed by atoms with Crippen LogP contribution in [0.2, 0.25) is 0 Å². The van der Waals surface area contributed by atoms with Crippen molar-refractivity contribution < 1.29 is 14.3 Å². The molecule has 1 heterocycles. The van der Waals surface area contributed by atoms with Crippen LogP contribution >= 0.6 is 0 Å². The molecule has 0 radical (unpaired) electrons. The molecule has 1 unspecified atom stereocenters. The van der Waals surface area contributed by atoms with E-state index in [4.69, 9.17) is 9.47 Å². The molecule has 2 aromatic carbocycles. The van der Waals surface area contributed by atoms with Gasteiger partial charge in [-0.15, -0.1) is 0 Å². The molecule has 1 fully saturated rings. The van der Waals surface area contributed by atoms with Crippen molar-refractivity contribution in [2.24, 2.45) is 0 Å². The first-order valence-corrected chi connectivity index (χ1v) is 9.61. The van der Waals surface area contributed by atoms with Crippen molar-refractivity contribution in [3.63, 3.8) is 0 Å². The molecule has 0 aromatic heterocycles. The normalized spacial score (nSPS) is 17.3. The minimum Gasteiger partial charge on any atom is -0.497 e. The van der Waals surface area contributed by atoms with Crippen LogP contribution in [0.15, 0.2) is 54.6 Å². The second kappa shape index (κ2) is 9.42. The van der Waals surface area contributed by atoms with Crippen molar-refractivity contribution in [2.45, 2.75) is 38.3 Å². The lowest BCUT2D eigenvalue weighted by Crippen LogP contribution is -2.47. The van der Waals surface area contributed by atoms with E-state index in [9.17, 15) is 4.79 Å². The Labute approximate surface area is 161 Å². The maximum atomic E-state index is 13.4. The van der Waals surface area contributed by atoms with Gasteiger partial charge in [-0.2, -0.15) is 0 Å². The van der Waals surface area contributed by atoms with Crippen molar-refractivity contribution in [2.75, 3.05) is 25.1 Å². The highest BCUT2D eigenvalue weighted by Gasteiger charge is 2.29. The number of benzene rings is 2. The number of rotatable bonds is 8. The average molecular weight is 368 g/mol. The van der Waals surface area contributed by atoms with E-state index in [1.165, 1.54) is 0 Å². The fraction of sp³-hybridized carbons (Fsp3) is 0.409. The smallest absolute Gasteiger partial charge is 0.268 e. The summed E-state index contributed by atoms with van der Waals surface area (Å²) < 4.78 is 11.4. The molecule has 27 heavy (non-hydrogen) atoms. The summed E-state index contributed by atoms with van der Waals surface area (Å²) in [6.45, 7) is 3.60. The van der Waals surface area contributed by atoms with E-state index in [1.54, 1.807) is 7.11 Å². The third-order valence-corrected chi connectivity index (χ3v) is 4.86. The Balaban J connectivity index is 1.83. The Hall–Kier alpha value is -2.53. The molecule has 1 amide bonds. The second-order valence-electron chi connectivity index (χ2n) is 6.77. The van der Waals surface area contributed by atoms with Crippen LogP contribution in [-0.4, -0.2) is 38.3 Å². The van der Waals surface area contributed by atoms with E-state index in [0.29, 0.717) is 24.8 Å². The Bertz CT molecular complexity index is 729. The predicted octanol–water partition coefficient (Wildman–Crippen LogP) is 3.64. The van der Waals surface area contributed by atoms with Crippen LogP contribution < -0.4 is 19.7 Å². The number of carbonyl (C=O) groups excluding carboxylic acids is 1. The maximum absolute atomic E-state index is 13.4. The Morgan fingerprint density at radius 1 is 1.19 bits per heavy atom. The first-order valence-electron chi connectivity index (χ1n) is 9.61. The maximum Gasteiger partial charge on any atom is 0.268 e. The molecule has 1 aliphatic heterocycles. The van der Waals surface area contributed by atoms with Crippen LogP contribution in [-0.2, 0) is 4.79 Å². The van der Waals surface area contributed by atoms with Crippen LogP contribution in [0.3, 0.4) is 0 Å². The molecule has 0 bridgehead atoms. The highest BCUT2D eigenvalue weighted by Crippen LogP contribution is 2.24. The second-order valence-corrected chi connectivity index (χ2v) is 6.77. The summed E-state index contributed by atoms with van der Waals surface area (Å²) in [5.74, 6) is 1.42. The standard InChI is InChI=1S/C22H28N2O3/c1-3-21(27-19-11-5-4-6-12-19)22(25)24(16-17-9-8-14-23-17)18-10-7-13-20(15-18)26-2/h4-7,10-13,15,17,21,23H,3,8-9,14,16H2,1-2H3/t17-,21?/m1/s1. The molecular weight excluding hydrogens is 340 g/mol. The van der Waals surface area contributed by atoms with Crippen molar-refractivity contribution in [1.82, 2.24) is 5.32 Å². The number of amides is 1. The van der Waals surface area contributed by atoms with E-state index < -0.39 is 6.10 Å². The first-order chi connectivity index (χ1) is 13.2. The van der Waals surface area contributed by atoms with Gasteiger partial charge in [-0.05, 0) is 50.1 Å². The summed E-state index contributed by atoms with van der Waals surface area (Å²) in [4.78, 5) is 15.2. The molecule has 144 valence electrons. The number of anilines is 1. The molecule has 0 spiro atoms. The molecule has 2 aromatic rings. The Morgan fingerprint density at radius 3 is 2.63 bits per heavy atom. The fourth-order valence-corrected chi connectivity index (χ4v) is 3.38. The van der Waals surface area contributed by atoms with E-state index >= 15 is 0 Å². The Morgan fingerprint density at radius 2 is 1.96 bits per heavy atom. The van der Waals surface area contributed by atoms with Crippen LogP contribution in [0, 0.1) is 0 Å². The molecule has 0 aliphatic carbocycles. The molecule has 1 saturated heterocycles. The van der Waals surface area contributed by atoms with Crippen LogP contribution in [0.1, 0.15) is 26.2 Å². The van der Waals surface area contributed by atoms with Gasteiger partial charge in [-0.3, -0.25) is 4.79 Å². The quantitative estimate of drug-likeness (QED) is 0.773. The van der Waals surface area contributed by atoms with E-state index in [0.717, 1.165) is 30.8 Å². The number of hydrogen-bond acceptors (Lipinski definition) is 4. The van der Waals surface area contributed by atoms with Gasteiger partial charge in [0.1, 0.15) is 11.5 Å². The zero-order valence-electron chi connectivity index (χ0n) is 16.1. The fourth-order valence-electron chi connectivity index (χ4n) is 3.38. The van der Waals surface area contributed by atoms with Gasteiger partial charge in [0.2, 0.25) is 0 Å². The van der Waals surface area contributed by atoms with Crippen molar-refractivity contribution in [1.29, 1.82) is 0 Å². The third-order valence-electron chi connectivity index (χ3n) is 4.86. The summed E-state index contributed by atoms with van der Waals surface area (Å²) in [7, 11) is 1.64. The van der Waals surface area contributed by atoms with Crippen molar-refractivity contribution in [3.8, 4) is 11.5 Å². The predicted molar refractivity (Wildman–Crippen MR) is 108 cm³/mol. The number of carbonyl (C=O) groups is 1. The van der Waals surface area contributed by atoms with Gasteiger partial charge >= 0.3 is 0 Å². The lowest BCUT2D eigenvalue weighted by molar-refractivity contribution is -0.125. The van der Waals surface area contributed by atoms with Gasteiger partial charge < -0.3 is 19.7 Å². The first kappa shape index (κ1) is 19.2. The minimum atomic E-state index is -0.528. The highest BCUT2D eigenvalue weighted by atomic mass is 16.5. The topological polar surface area (TPSA) is 50.8 Å². The molecule has 0 saturated carbocycles. The van der Waals surface area contributed by atoms with Crippen LogP contribution in [0.5, 0.6) is 11.5 Å². The number of nitrogens with one attached hydrogen (secondary N) is 1. The van der Waals surface area contributed by atoms with Gasteiger partial charge in [-0.25, -0.2) is 0 Å². The number of nitrogens with zero attached hydrogens (tertiary/aromatic N) is 1. The van der Waals surface area contributed by atoms with Gasteiger partial charge in [0.05, 0.1) is 7.11 Å². The molecule has 1 aliphatic rings. The summed E-state index contributed by atoms with van der Waals surface area (Å²) in [6, 6.07) is 17.5. The molecular formula is C22H28N2O3. The number of ether oxygens (including phenoxy) is 2. The molecule has 2 atom stereocenters. The average Bonchev–Trinajstić information content (AvgIpc) is 3.24. The largest absolute Gasteiger partial charge is 0.497 e. The highest BCUT2D eigenvalue weighted by molar-refractivity contribution is 5.97. The summed E-state index contributed by atoms with van der Waals surface area (Å²) in [5.41, 5.74) is 0.836. The minimum absolute atomic E-state index is 0.0247. The van der Waals surface area contributed by atoms with E-state index in [-0.39, 0.29) is 5.91 Å².